The van der Waals surface area contributed by atoms with E-state index in [1.54, 1.807) is 0 Å². The topological polar surface area (TPSA) is 81.1 Å². The van der Waals surface area contributed by atoms with Gasteiger partial charge in [0.05, 0.1) is 0 Å². The van der Waals surface area contributed by atoms with Crippen molar-refractivity contribution in [2.45, 2.75) is 44.2 Å². The summed E-state index contributed by atoms with van der Waals surface area (Å²) in [6.07, 6.45) is 5.40. The fourth-order valence-corrected chi connectivity index (χ4v) is 4.89. The van der Waals surface area contributed by atoms with Crippen molar-refractivity contribution in [3.05, 3.63) is 70.7 Å². The molecule has 2 aliphatic rings. The number of piperazine rings is 1. The Labute approximate surface area is 194 Å². The highest BCUT2D eigenvalue weighted by atomic mass is 35.5. The van der Waals surface area contributed by atoms with Crippen LogP contribution in [0.4, 0.5) is 0 Å². The number of rotatable bonds is 4. The lowest BCUT2D eigenvalue weighted by atomic mass is 9.81. The number of carboxylic acid groups (broad SMARTS) is 2. The molecule has 0 atom stereocenters. The van der Waals surface area contributed by atoms with Gasteiger partial charge in [-0.2, -0.15) is 0 Å². The van der Waals surface area contributed by atoms with Gasteiger partial charge in [0, 0.05) is 43.8 Å². The van der Waals surface area contributed by atoms with Crippen molar-refractivity contribution >= 4 is 23.5 Å². The number of benzene rings is 2. The van der Waals surface area contributed by atoms with Crippen molar-refractivity contribution < 1.29 is 19.8 Å². The Morgan fingerprint density at radius 2 is 1.47 bits per heavy atom. The summed E-state index contributed by atoms with van der Waals surface area (Å²) in [4.78, 5) is 23.5. The first kappa shape index (κ1) is 24.2. The van der Waals surface area contributed by atoms with Crippen molar-refractivity contribution in [1.29, 1.82) is 0 Å². The second kappa shape index (κ2) is 12.0. The van der Waals surface area contributed by atoms with Crippen molar-refractivity contribution in [1.82, 2.24) is 9.80 Å². The largest absolute Gasteiger partial charge is 0.473 e. The fraction of sp³-hybridized carbons (Fsp3) is 0.440. The van der Waals surface area contributed by atoms with E-state index < -0.39 is 11.9 Å². The second-order valence-electron chi connectivity index (χ2n) is 8.47. The van der Waals surface area contributed by atoms with E-state index in [9.17, 15) is 0 Å². The van der Waals surface area contributed by atoms with Gasteiger partial charge in [0.2, 0.25) is 0 Å². The van der Waals surface area contributed by atoms with Gasteiger partial charge in [-0.05, 0) is 54.9 Å². The molecule has 0 radical (unpaired) electrons. The molecule has 0 aromatic heterocycles. The molecule has 0 bridgehead atoms. The van der Waals surface area contributed by atoms with Crippen molar-refractivity contribution in [3.8, 4) is 0 Å². The molecule has 1 saturated carbocycles. The van der Waals surface area contributed by atoms with E-state index in [2.05, 4.69) is 58.3 Å². The molecule has 32 heavy (non-hydrogen) atoms. The predicted molar refractivity (Wildman–Crippen MR) is 125 cm³/mol. The molecule has 2 N–H and O–H groups in total. The molecule has 1 aliphatic carbocycles. The van der Waals surface area contributed by atoms with Crippen LogP contribution < -0.4 is 0 Å². The van der Waals surface area contributed by atoms with Crippen LogP contribution >= 0.6 is 11.6 Å². The minimum Gasteiger partial charge on any atom is -0.473 e. The Hall–Kier alpha value is -2.41. The Balaban J connectivity index is 0.000000427. The molecule has 1 aliphatic heterocycles. The van der Waals surface area contributed by atoms with E-state index >= 15 is 0 Å². The van der Waals surface area contributed by atoms with Crippen LogP contribution in [0.1, 0.15) is 42.7 Å². The van der Waals surface area contributed by atoms with Crippen LogP contribution in [-0.2, 0) is 16.1 Å². The number of nitrogens with zero attached hydrogens (tertiary/aromatic N) is 2. The van der Waals surface area contributed by atoms with E-state index in [4.69, 9.17) is 31.4 Å². The maximum absolute atomic E-state index is 9.10. The number of hydrogen-bond donors (Lipinski definition) is 2. The number of carbonyl (C=O) groups is 2. The van der Waals surface area contributed by atoms with Crippen molar-refractivity contribution in [3.63, 3.8) is 0 Å². The SMILES string of the molecule is Clc1cccc(CN2CCN(C3CCC(c4ccccc4)CC3)CC2)c1.O=C(O)C(=O)O. The molecular formula is C25H31ClN2O4. The van der Waals surface area contributed by atoms with Crippen LogP contribution in [0.3, 0.4) is 0 Å². The molecule has 2 aromatic rings. The number of aliphatic carboxylic acids is 2. The first-order valence-electron chi connectivity index (χ1n) is 11.1. The Kier molecular flexibility index (Phi) is 9.09. The Morgan fingerprint density at radius 1 is 0.844 bits per heavy atom. The van der Waals surface area contributed by atoms with Gasteiger partial charge in [-0.1, -0.05) is 54.1 Å². The molecule has 1 heterocycles. The summed E-state index contributed by atoms with van der Waals surface area (Å²) in [5.41, 5.74) is 2.87. The van der Waals surface area contributed by atoms with Crippen LogP contribution in [-0.4, -0.2) is 64.2 Å². The van der Waals surface area contributed by atoms with Crippen LogP contribution in [0.2, 0.25) is 5.02 Å². The molecular weight excluding hydrogens is 428 g/mol. The summed E-state index contributed by atoms with van der Waals surface area (Å²) >= 11 is 6.12. The molecule has 4 rings (SSSR count). The van der Waals surface area contributed by atoms with E-state index in [0.717, 1.165) is 23.5 Å². The van der Waals surface area contributed by atoms with E-state index in [1.165, 1.54) is 63.0 Å². The maximum atomic E-state index is 9.10. The molecule has 0 unspecified atom stereocenters. The quantitative estimate of drug-likeness (QED) is 0.663. The van der Waals surface area contributed by atoms with Crippen LogP contribution in [0.5, 0.6) is 0 Å². The normalized spacial score (nSPS) is 21.9. The van der Waals surface area contributed by atoms with Gasteiger partial charge in [0.25, 0.3) is 0 Å². The lowest BCUT2D eigenvalue weighted by Gasteiger charge is -2.42. The molecule has 2 fully saturated rings. The van der Waals surface area contributed by atoms with E-state index in [1.807, 2.05) is 6.07 Å². The smallest absolute Gasteiger partial charge is 0.414 e. The summed E-state index contributed by atoms with van der Waals surface area (Å²) < 4.78 is 0. The zero-order chi connectivity index (χ0) is 22.9. The molecule has 1 saturated heterocycles. The van der Waals surface area contributed by atoms with Gasteiger partial charge >= 0.3 is 11.9 Å². The molecule has 7 heteroatoms. The second-order valence-corrected chi connectivity index (χ2v) is 8.90. The van der Waals surface area contributed by atoms with Gasteiger partial charge in [-0.25, -0.2) is 9.59 Å². The van der Waals surface area contributed by atoms with Crippen LogP contribution in [0, 0.1) is 0 Å². The maximum Gasteiger partial charge on any atom is 0.414 e. The minimum absolute atomic E-state index is 0.775. The third-order valence-electron chi connectivity index (χ3n) is 6.37. The van der Waals surface area contributed by atoms with Gasteiger partial charge in [-0.15, -0.1) is 0 Å². The number of hydrogen-bond acceptors (Lipinski definition) is 4. The molecule has 172 valence electrons. The summed E-state index contributed by atoms with van der Waals surface area (Å²) in [7, 11) is 0. The number of carboxylic acids is 2. The van der Waals surface area contributed by atoms with Crippen molar-refractivity contribution in [2.75, 3.05) is 26.2 Å². The van der Waals surface area contributed by atoms with Gasteiger partial charge in [-0.3, -0.25) is 9.80 Å². The summed E-state index contributed by atoms with van der Waals surface area (Å²) in [5, 5.41) is 15.6. The molecule has 2 aromatic carbocycles. The zero-order valence-corrected chi connectivity index (χ0v) is 19.0. The summed E-state index contributed by atoms with van der Waals surface area (Å²) in [6, 6.07) is 20.2. The predicted octanol–water partition coefficient (Wildman–Crippen LogP) is 4.34. The lowest BCUT2D eigenvalue weighted by molar-refractivity contribution is -0.159. The van der Waals surface area contributed by atoms with Crippen LogP contribution in [0.25, 0.3) is 0 Å². The third kappa shape index (κ3) is 7.33. The first-order chi connectivity index (χ1) is 15.4. The summed E-state index contributed by atoms with van der Waals surface area (Å²) in [6.45, 7) is 5.79. The lowest BCUT2D eigenvalue weighted by Crippen LogP contribution is -2.50. The molecule has 6 nitrogen and oxygen atoms in total. The van der Waals surface area contributed by atoms with Gasteiger partial charge < -0.3 is 10.2 Å². The monoisotopic (exact) mass is 458 g/mol. The van der Waals surface area contributed by atoms with Crippen LogP contribution in [0.15, 0.2) is 54.6 Å². The molecule has 0 amide bonds. The third-order valence-corrected chi connectivity index (χ3v) is 6.60. The Bertz CT molecular complexity index is 865. The highest BCUT2D eigenvalue weighted by Crippen LogP contribution is 2.35. The van der Waals surface area contributed by atoms with E-state index in [0.29, 0.717) is 0 Å². The van der Waals surface area contributed by atoms with E-state index in [-0.39, 0.29) is 0 Å². The van der Waals surface area contributed by atoms with Crippen molar-refractivity contribution in [2.24, 2.45) is 0 Å². The average molecular weight is 459 g/mol. The highest BCUT2D eigenvalue weighted by molar-refractivity contribution is 6.30. The van der Waals surface area contributed by atoms with Gasteiger partial charge in [0.15, 0.2) is 0 Å². The zero-order valence-electron chi connectivity index (χ0n) is 18.2. The average Bonchev–Trinajstić information content (AvgIpc) is 2.81. The van der Waals surface area contributed by atoms with Gasteiger partial charge in [0.1, 0.15) is 0 Å². The molecule has 0 spiro atoms. The first-order valence-corrected chi connectivity index (χ1v) is 11.5. The fourth-order valence-electron chi connectivity index (χ4n) is 4.68. The summed E-state index contributed by atoms with van der Waals surface area (Å²) in [5.74, 6) is -2.87. The standard InChI is InChI=1S/C23H29ClN2.C2H2O4/c24-22-8-4-5-19(17-22)18-25-13-15-26(16-14-25)23-11-9-21(10-12-23)20-6-2-1-3-7-20;3-1(4)2(5)6/h1-8,17,21,23H,9-16,18H2;(H,3,4)(H,5,6). The number of halogens is 1. The highest BCUT2D eigenvalue weighted by Gasteiger charge is 2.28. The minimum atomic E-state index is -1.82. The Morgan fingerprint density at radius 3 is 2.03 bits per heavy atom.